The minimum absolute atomic E-state index is 0.574. The highest BCUT2D eigenvalue weighted by molar-refractivity contribution is 5.44. The molecule has 0 amide bonds. The first-order valence-electron chi connectivity index (χ1n) is 5.20. The maximum atomic E-state index is 12.9. The van der Waals surface area contributed by atoms with Gasteiger partial charge in [0.25, 0.3) is 0 Å². The molecule has 1 aromatic rings. The van der Waals surface area contributed by atoms with Crippen LogP contribution >= 0.6 is 0 Å². The molecule has 2 nitrogen and oxygen atoms in total. The van der Waals surface area contributed by atoms with E-state index in [2.05, 4.69) is 11.4 Å². The zero-order chi connectivity index (χ0) is 11.4. The molecule has 0 bridgehead atoms. The maximum Gasteiger partial charge on any atom is 0.160 e. The Bertz CT molecular complexity index is 404. The van der Waals surface area contributed by atoms with Crippen molar-refractivity contribution in [3.05, 3.63) is 41.5 Å². The summed E-state index contributed by atoms with van der Waals surface area (Å²) in [4.78, 5) is 0. The fraction of sp³-hybridized carbons (Fsp3) is 0.333. The number of ether oxygens (including phenoxy) is 1. The third-order valence-corrected chi connectivity index (χ3v) is 2.42. The van der Waals surface area contributed by atoms with Crippen LogP contribution in [0.2, 0.25) is 0 Å². The standard InChI is InChI=1S/C12H13F2NO/c13-11-4-3-10(6-12(11)14)15-7-9-2-1-5-16-8-9/h2-4,6,15H,1,5,7-8H2. The van der Waals surface area contributed by atoms with Crippen LogP contribution in [0.25, 0.3) is 0 Å². The van der Waals surface area contributed by atoms with Crippen molar-refractivity contribution in [3.8, 4) is 0 Å². The van der Waals surface area contributed by atoms with Crippen molar-refractivity contribution in [1.82, 2.24) is 0 Å². The molecular formula is C12H13F2NO. The van der Waals surface area contributed by atoms with Gasteiger partial charge in [-0.05, 0) is 24.1 Å². The molecule has 2 rings (SSSR count). The van der Waals surface area contributed by atoms with E-state index in [4.69, 9.17) is 4.74 Å². The van der Waals surface area contributed by atoms with Gasteiger partial charge in [0.15, 0.2) is 11.6 Å². The minimum atomic E-state index is -0.834. The molecule has 16 heavy (non-hydrogen) atoms. The Labute approximate surface area is 92.9 Å². The van der Waals surface area contributed by atoms with Crippen LogP contribution in [0.5, 0.6) is 0 Å². The molecule has 0 aliphatic carbocycles. The highest BCUT2D eigenvalue weighted by Crippen LogP contribution is 2.14. The highest BCUT2D eigenvalue weighted by atomic mass is 19.2. The predicted octanol–water partition coefficient (Wildman–Crippen LogP) is 2.72. The van der Waals surface area contributed by atoms with Gasteiger partial charge in [-0.25, -0.2) is 8.78 Å². The molecule has 4 heteroatoms. The Hall–Kier alpha value is -1.42. The minimum Gasteiger partial charge on any atom is -0.381 e. The summed E-state index contributed by atoms with van der Waals surface area (Å²) in [7, 11) is 0. The van der Waals surface area contributed by atoms with E-state index in [-0.39, 0.29) is 0 Å². The van der Waals surface area contributed by atoms with E-state index < -0.39 is 11.6 Å². The average molecular weight is 225 g/mol. The van der Waals surface area contributed by atoms with Gasteiger partial charge in [0, 0.05) is 18.3 Å². The van der Waals surface area contributed by atoms with Crippen molar-refractivity contribution in [3.63, 3.8) is 0 Å². The summed E-state index contributed by atoms with van der Waals surface area (Å²) in [5, 5.41) is 3.03. The molecule has 0 atom stereocenters. The number of hydrogen-bond donors (Lipinski definition) is 1. The summed E-state index contributed by atoms with van der Waals surface area (Å²) in [5.41, 5.74) is 1.71. The Morgan fingerprint density at radius 2 is 2.12 bits per heavy atom. The van der Waals surface area contributed by atoms with Crippen molar-refractivity contribution in [2.45, 2.75) is 6.42 Å². The number of anilines is 1. The molecule has 86 valence electrons. The molecule has 0 saturated heterocycles. The average Bonchev–Trinajstić information content (AvgIpc) is 2.32. The summed E-state index contributed by atoms with van der Waals surface area (Å²) >= 11 is 0. The van der Waals surface area contributed by atoms with Gasteiger partial charge in [-0.2, -0.15) is 0 Å². The Kier molecular flexibility index (Phi) is 3.51. The van der Waals surface area contributed by atoms with Crippen molar-refractivity contribution in [2.75, 3.05) is 25.1 Å². The molecule has 1 aromatic carbocycles. The van der Waals surface area contributed by atoms with Crippen LogP contribution in [-0.4, -0.2) is 19.8 Å². The van der Waals surface area contributed by atoms with Crippen LogP contribution in [0.15, 0.2) is 29.8 Å². The van der Waals surface area contributed by atoms with E-state index in [1.165, 1.54) is 6.07 Å². The fourth-order valence-corrected chi connectivity index (χ4v) is 1.55. The number of benzene rings is 1. The van der Waals surface area contributed by atoms with Crippen molar-refractivity contribution in [2.24, 2.45) is 0 Å². The second-order valence-electron chi connectivity index (χ2n) is 3.69. The van der Waals surface area contributed by atoms with Gasteiger partial charge >= 0.3 is 0 Å². The highest BCUT2D eigenvalue weighted by Gasteiger charge is 2.05. The number of hydrogen-bond acceptors (Lipinski definition) is 2. The number of halogens is 2. The van der Waals surface area contributed by atoms with Gasteiger partial charge in [0.05, 0.1) is 13.2 Å². The van der Waals surface area contributed by atoms with Crippen LogP contribution < -0.4 is 5.32 Å². The molecule has 1 heterocycles. The first-order chi connectivity index (χ1) is 7.75. The van der Waals surface area contributed by atoms with Crippen molar-refractivity contribution in [1.29, 1.82) is 0 Å². The van der Waals surface area contributed by atoms with E-state index in [9.17, 15) is 8.78 Å². The topological polar surface area (TPSA) is 21.3 Å². The number of rotatable bonds is 3. The molecule has 0 spiro atoms. The smallest absolute Gasteiger partial charge is 0.160 e. The lowest BCUT2D eigenvalue weighted by molar-refractivity contribution is 0.150. The van der Waals surface area contributed by atoms with Gasteiger partial charge in [0.2, 0.25) is 0 Å². The van der Waals surface area contributed by atoms with Gasteiger partial charge in [-0.1, -0.05) is 6.08 Å². The normalized spacial score (nSPS) is 15.8. The van der Waals surface area contributed by atoms with Crippen molar-refractivity contribution >= 4 is 5.69 Å². The van der Waals surface area contributed by atoms with Gasteiger partial charge in [-0.3, -0.25) is 0 Å². The Morgan fingerprint density at radius 1 is 1.25 bits per heavy atom. The predicted molar refractivity (Wildman–Crippen MR) is 58.4 cm³/mol. The zero-order valence-corrected chi connectivity index (χ0v) is 8.80. The van der Waals surface area contributed by atoms with E-state index in [1.807, 2.05) is 0 Å². The van der Waals surface area contributed by atoms with Crippen LogP contribution in [-0.2, 0) is 4.74 Å². The molecule has 0 fully saturated rings. The third-order valence-electron chi connectivity index (χ3n) is 2.42. The quantitative estimate of drug-likeness (QED) is 0.798. The monoisotopic (exact) mass is 225 g/mol. The molecular weight excluding hydrogens is 212 g/mol. The molecule has 0 saturated carbocycles. The summed E-state index contributed by atoms with van der Waals surface area (Å²) < 4.78 is 30.8. The van der Waals surface area contributed by atoms with E-state index in [0.29, 0.717) is 18.8 Å². The summed E-state index contributed by atoms with van der Waals surface area (Å²) in [6.45, 7) is 1.97. The van der Waals surface area contributed by atoms with Crippen LogP contribution in [0.3, 0.4) is 0 Å². The molecule has 0 aromatic heterocycles. The van der Waals surface area contributed by atoms with E-state index >= 15 is 0 Å². The van der Waals surface area contributed by atoms with E-state index in [0.717, 1.165) is 30.7 Å². The largest absolute Gasteiger partial charge is 0.381 e. The Balaban J connectivity index is 1.94. The third kappa shape index (κ3) is 2.79. The van der Waals surface area contributed by atoms with E-state index in [1.54, 1.807) is 0 Å². The second kappa shape index (κ2) is 5.07. The molecule has 0 radical (unpaired) electrons. The fourth-order valence-electron chi connectivity index (χ4n) is 1.55. The lowest BCUT2D eigenvalue weighted by Crippen LogP contribution is -2.14. The van der Waals surface area contributed by atoms with Gasteiger partial charge < -0.3 is 10.1 Å². The lowest BCUT2D eigenvalue weighted by Gasteiger charge is -2.14. The summed E-state index contributed by atoms with van der Waals surface area (Å²) in [6, 6.07) is 3.78. The zero-order valence-electron chi connectivity index (χ0n) is 8.80. The van der Waals surface area contributed by atoms with Gasteiger partial charge in [0.1, 0.15) is 0 Å². The molecule has 1 aliphatic heterocycles. The summed E-state index contributed by atoms with van der Waals surface area (Å²) in [6.07, 6.45) is 3.02. The van der Waals surface area contributed by atoms with Crippen molar-refractivity contribution < 1.29 is 13.5 Å². The first kappa shape index (κ1) is 11.1. The SMILES string of the molecule is Fc1ccc(NCC2=CCCOC2)cc1F. The van der Waals surface area contributed by atoms with Crippen LogP contribution in [0.1, 0.15) is 6.42 Å². The van der Waals surface area contributed by atoms with Crippen LogP contribution in [0, 0.1) is 11.6 Å². The second-order valence-corrected chi connectivity index (χ2v) is 3.69. The molecule has 0 unspecified atom stereocenters. The number of nitrogens with one attached hydrogen (secondary N) is 1. The molecule has 1 N–H and O–H groups in total. The Morgan fingerprint density at radius 3 is 2.81 bits per heavy atom. The lowest BCUT2D eigenvalue weighted by atomic mass is 10.2. The van der Waals surface area contributed by atoms with Gasteiger partial charge in [-0.15, -0.1) is 0 Å². The van der Waals surface area contributed by atoms with Crippen LogP contribution in [0.4, 0.5) is 14.5 Å². The molecule has 1 aliphatic rings. The summed E-state index contributed by atoms with van der Waals surface area (Å²) in [5.74, 6) is -1.66. The maximum absolute atomic E-state index is 12.9. The first-order valence-corrected chi connectivity index (χ1v) is 5.20.